The minimum Gasteiger partial charge on any atom is -0.460 e. The quantitative estimate of drug-likeness (QED) is 0.620. The van der Waals surface area contributed by atoms with E-state index in [4.69, 9.17) is 4.74 Å². The maximum atomic E-state index is 12.9. The van der Waals surface area contributed by atoms with Gasteiger partial charge in [0.25, 0.3) is 5.91 Å². The molecule has 0 radical (unpaired) electrons. The monoisotopic (exact) mass is 322 g/mol. The van der Waals surface area contributed by atoms with E-state index in [1.807, 2.05) is 27.7 Å². The molecule has 126 valence electrons. The fraction of sp³-hybridized carbons (Fsp3) is 0.588. The number of hydrogen-bond donors (Lipinski definition) is 0. The molecule has 0 unspecified atom stereocenters. The number of ether oxygens (including phenoxy) is 1. The molecule has 2 heterocycles. The molecule has 1 aliphatic rings. The summed E-state index contributed by atoms with van der Waals surface area (Å²) in [6, 6.07) is 2.57. The lowest BCUT2D eigenvalue weighted by Gasteiger charge is -2.36. The van der Waals surface area contributed by atoms with Gasteiger partial charge in [-0.1, -0.05) is 6.92 Å². The zero-order valence-electron chi connectivity index (χ0n) is 14.0. The van der Waals surface area contributed by atoms with Gasteiger partial charge in [0, 0.05) is 19.3 Å². The summed E-state index contributed by atoms with van der Waals surface area (Å²) in [5.74, 6) is -1.29. The van der Waals surface area contributed by atoms with Crippen LogP contribution in [0, 0.1) is 17.8 Å². The highest BCUT2D eigenvalue weighted by molar-refractivity contribution is 5.94. The number of piperidine rings is 1. The van der Waals surface area contributed by atoms with Crippen molar-refractivity contribution < 1.29 is 18.7 Å². The van der Waals surface area contributed by atoms with Crippen LogP contribution < -0.4 is 0 Å². The van der Waals surface area contributed by atoms with Crippen LogP contribution in [0.25, 0.3) is 0 Å². The van der Waals surface area contributed by atoms with Crippen LogP contribution in [0.1, 0.15) is 44.5 Å². The molecule has 2 rings (SSSR count). The lowest BCUT2D eigenvalue weighted by atomic mass is 9.90. The van der Waals surface area contributed by atoms with Gasteiger partial charge in [-0.05, 0) is 45.2 Å². The van der Waals surface area contributed by atoms with Gasteiger partial charge in [-0.3, -0.25) is 9.59 Å². The van der Waals surface area contributed by atoms with Crippen molar-refractivity contribution in [3.05, 3.63) is 29.8 Å². The van der Waals surface area contributed by atoms with Gasteiger partial charge in [0.1, 0.15) is 5.60 Å². The number of carbonyl (C=O) groups is 2. The fourth-order valence-electron chi connectivity index (χ4n) is 2.76. The third-order valence-electron chi connectivity index (χ3n) is 3.66. The second kappa shape index (κ2) is 6.64. The Morgan fingerprint density at radius 2 is 2.00 bits per heavy atom. The molecule has 2 atom stereocenters. The summed E-state index contributed by atoms with van der Waals surface area (Å²) in [5, 5.41) is 0. The first-order valence-corrected chi connectivity index (χ1v) is 7.79. The standard InChI is InChI=1S/C17H23FN2O3/c1-11-7-13(16(22)23-17(2,3)4)10-20(9-11)15(21)12-5-6-14(18)19-8-12/h5-6,8,11,13H,7,9-10H2,1-4H3/t11-,13-/m0/s1. The molecular weight excluding hydrogens is 299 g/mol. The predicted octanol–water partition coefficient (Wildman–Crippen LogP) is 2.66. The number of halogens is 1. The van der Waals surface area contributed by atoms with E-state index in [0.717, 1.165) is 6.07 Å². The average Bonchev–Trinajstić information content (AvgIpc) is 2.45. The van der Waals surface area contributed by atoms with Crippen LogP contribution in [0.5, 0.6) is 0 Å². The molecule has 1 saturated heterocycles. The molecule has 0 saturated carbocycles. The SMILES string of the molecule is C[C@H]1C[C@H](C(=O)OC(C)(C)C)CN(C(=O)c2ccc(F)nc2)C1. The Bertz CT molecular complexity index is 580. The Balaban J connectivity index is 2.09. The molecule has 1 aromatic rings. The summed E-state index contributed by atoms with van der Waals surface area (Å²) in [6.07, 6.45) is 1.92. The molecule has 23 heavy (non-hydrogen) atoms. The third-order valence-corrected chi connectivity index (χ3v) is 3.66. The number of rotatable bonds is 2. The third kappa shape index (κ3) is 4.74. The van der Waals surface area contributed by atoms with E-state index in [2.05, 4.69) is 4.98 Å². The van der Waals surface area contributed by atoms with E-state index < -0.39 is 11.5 Å². The van der Waals surface area contributed by atoms with E-state index in [9.17, 15) is 14.0 Å². The van der Waals surface area contributed by atoms with Crippen molar-refractivity contribution in [2.24, 2.45) is 11.8 Å². The molecule has 5 nitrogen and oxygen atoms in total. The first kappa shape index (κ1) is 17.4. The second-order valence-corrected chi connectivity index (χ2v) is 7.15. The highest BCUT2D eigenvalue weighted by Gasteiger charge is 2.34. The van der Waals surface area contributed by atoms with Gasteiger partial charge < -0.3 is 9.64 Å². The van der Waals surface area contributed by atoms with Gasteiger partial charge in [0.05, 0.1) is 11.5 Å². The minimum atomic E-state index is -0.625. The second-order valence-electron chi connectivity index (χ2n) is 7.15. The van der Waals surface area contributed by atoms with Gasteiger partial charge >= 0.3 is 5.97 Å². The molecule has 0 N–H and O–H groups in total. The summed E-state index contributed by atoms with van der Waals surface area (Å²) in [5.41, 5.74) is -0.226. The van der Waals surface area contributed by atoms with Crippen LogP contribution >= 0.6 is 0 Å². The van der Waals surface area contributed by atoms with Crippen LogP contribution in [0.15, 0.2) is 18.3 Å². The van der Waals surface area contributed by atoms with E-state index in [1.54, 1.807) is 4.90 Å². The summed E-state index contributed by atoms with van der Waals surface area (Å²) < 4.78 is 18.3. The molecule has 0 aromatic carbocycles. The van der Waals surface area contributed by atoms with Crippen molar-refractivity contribution in [2.75, 3.05) is 13.1 Å². The van der Waals surface area contributed by atoms with Crippen molar-refractivity contribution in [1.82, 2.24) is 9.88 Å². The highest BCUT2D eigenvalue weighted by Crippen LogP contribution is 2.25. The largest absolute Gasteiger partial charge is 0.460 e. The summed E-state index contributed by atoms with van der Waals surface area (Å²) in [4.78, 5) is 29.9. The van der Waals surface area contributed by atoms with E-state index >= 15 is 0 Å². The first-order chi connectivity index (χ1) is 10.7. The van der Waals surface area contributed by atoms with Gasteiger partial charge in [0.2, 0.25) is 5.95 Å². The van der Waals surface area contributed by atoms with Crippen LogP contribution in [-0.2, 0) is 9.53 Å². The van der Waals surface area contributed by atoms with Gasteiger partial charge in [-0.2, -0.15) is 4.39 Å². The maximum absolute atomic E-state index is 12.9. The van der Waals surface area contributed by atoms with Gasteiger partial charge in [-0.15, -0.1) is 0 Å². The molecule has 6 heteroatoms. The number of nitrogens with zero attached hydrogens (tertiary/aromatic N) is 2. The molecule has 1 amide bonds. The Morgan fingerprint density at radius 1 is 1.30 bits per heavy atom. The molecule has 0 spiro atoms. The number of esters is 1. The van der Waals surface area contributed by atoms with Crippen molar-refractivity contribution in [3.8, 4) is 0 Å². The first-order valence-electron chi connectivity index (χ1n) is 7.79. The number of aromatic nitrogens is 1. The zero-order valence-corrected chi connectivity index (χ0v) is 14.0. The topological polar surface area (TPSA) is 59.5 Å². The number of likely N-dealkylation sites (tertiary alicyclic amines) is 1. The number of amides is 1. The normalized spacial score (nSPS) is 21.9. The van der Waals surface area contributed by atoms with Gasteiger partial charge in [0.15, 0.2) is 0 Å². The number of carbonyl (C=O) groups excluding carboxylic acids is 2. The zero-order chi connectivity index (χ0) is 17.2. The highest BCUT2D eigenvalue weighted by atomic mass is 19.1. The van der Waals surface area contributed by atoms with Crippen LogP contribution in [0.2, 0.25) is 0 Å². The minimum absolute atomic E-state index is 0.193. The molecule has 0 aliphatic carbocycles. The molecule has 0 bridgehead atoms. The Hall–Kier alpha value is -1.98. The molecular formula is C17H23FN2O3. The molecule has 1 aromatic heterocycles. The van der Waals surface area contributed by atoms with Crippen LogP contribution in [0.4, 0.5) is 4.39 Å². The van der Waals surface area contributed by atoms with Crippen molar-refractivity contribution >= 4 is 11.9 Å². The van der Waals surface area contributed by atoms with Crippen molar-refractivity contribution in [2.45, 2.75) is 39.7 Å². The van der Waals surface area contributed by atoms with Crippen molar-refractivity contribution in [3.63, 3.8) is 0 Å². The molecule has 1 aliphatic heterocycles. The number of hydrogen-bond acceptors (Lipinski definition) is 4. The fourth-order valence-corrected chi connectivity index (χ4v) is 2.76. The average molecular weight is 322 g/mol. The van der Waals surface area contributed by atoms with E-state index in [0.29, 0.717) is 25.1 Å². The lowest BCUT2D eigenvalue weighted by Crippen LogP contribution is -2.46. The van der Waals surface area contributed by atoms with E-state index in [1.165, 1.54) is 12.3 Å². The van der Waals surface area contributed by atoms with E-state index in [-0.39, 0.29) is 23.7 Å². The van der Waals surface area contributed by atoms with Gasteiger partial charge in [-0.25, -0.2) is 4.98 Å². The van der Waals surface area contributed by atoms with Crippen LogP contribution in [0.3, 0.4) is 0 Å². The van der Waals surface area contributed by atoms with Crippen molar-refractivity contribution in [1.29, 1.82) is 0 Å². The molecule has 1 fully saturated rings. The Morgan fingerprint density at radius 3 is 2.57 bits per heavy atom. The van der Waals surface area contributed by atoms with Crippen LogP contribution in [-0.4, -0.2) is 40.5 Å². The predicted molar refractivity (Wildman–Crippen MR) is 83.2 cm³/mol. The summed E-state index contributed by atoms with van der Waals surface area (Å²) in [7, 11) is 0. The lowest BCUT2D eigenvalue weighted by molar-refractivity contribution is -0.162. The Kier molecular flexibility index (Phi) is 5.02. The Labute approximate surface area is 135 Å². The maximum Gasteiger partial charge on any atom is 0.311 e. The summed E-state index contributed by atoms with van der Waals surface area (Å²) in [6.45, 7) is 8.35. The summed E-state index contributed by atoms with van der Waals surface area (Å²) >= 11 is 0. The number of pyridine rings is 1. The smallest absolute Gasteiger partial charge is 0.311 e.